The average Bonchev–Trinajstić information content (AvgIpc) is 2.86. The molecule has 0 bridgehead atoms. The smallest absolute Gasteiger partial charge is 0.261 e. The zero-order valence-electron chi connectivity index (χ0n) is 14.8. The number of carboxylic acid groups (broad SMARTS) is 1. The summed E-state index contributed by atoms with van der Waals surface area (Å²) >= 11 is 1.36. The number of para-hydroxylation sites is 1. The number of thioether (sulfide) groups is 1. The Morgan fingerprint density at radius 1 is 1.35 bits per heavy atom. The van der Waals surface area contributed by atoms with Crippen molar-refractivity contribution in [1.82, 2.24) is 10.2 Å². The highest BCUT2D eigenvalue weighted by molar-refractivity contribution is 8.01. The molecule has 3 rings (SSSR count). The van der Waals surface area contributed by atoms with E-state index < -0.39 is 40.2 Å². The number of β-lactam (4-membered cyclic amide) rings is 1. The third kappa shape index (κ3) is 3.13. The van der Waals surface area contributed by atoms with Crippen molar-refractivity contribution in [2.24, 2.45) is 0 Å². The summed E-state index contributed by atoms with van der Waals surface area (Å²) in [5, 5.41) is 13.7. The number of ether oxygens (including phenoxy) is 1. The van der Waals surface area contributed by atoms with E-state index in [0.717, 1.165) is 0 Å². The van der Waals surface area contributed by atoms with Gasteiger partial charge >= 0.3 is 0 Å². The number of benzene rings is 1. The van der Waals surface area contributed by atoms with E-state index in [1.165, 1.54) is 16.7 Å². The number of hydrogen-bond donors (Lipinski definition) is 1. The van der Waals surface area contributed by atoms with Crippen molar-refractivity contribution in [3.05, 3.63) is 30.3 Å². The zero-order chi connectivity index (χ0) is 19.1. The van der Waals surface area contributed by atoms with Crippen molar-refractivity contribution in [3.8, 4) is 5.75 Å². The van der Waals surface area contributed by atoms with E-state index >= 15 is 0 Å². The fourth-order valence-electron chi connectivity index (χ4n) is 3.36. The van der Waals surface area contributed by atoms with Crippen LogP contribution in [0.1, 0.15) is 27.2 Å². The summed E-state index contributed by atoms with van der Waals surface area (Å²) in [6.07, 6.45) is -0.285. The highest BCUT2D eigenvalue weighted by atomic mass is 32.2. The lowest BCUT2D eigenvalue weighted by Crippen LogP contribution is -2.72. The molecular weight excluding hydrogens is 356 g/mol. The zero-order valence-corrected chi connectivity index (χ0v) is 15.6. The van der Waals surface area contributed by atoms with E-state index in [0.29, 0.717) is 12.2 Å². The van der Waals surface area contributed by atoms with Crippen molar-refractivity contribution < 1.29 is 24.2 Å². The molecule has 2 fully saturated rings. The van der Waals surface area contributed by atoms with Gasteiger partial charge in [-0.1, -0.05) is 25.1 Å². The fourth-order valence-corrected chi connectivity index (χ4v) is 4.98. The van der Waals surface area contributed by atoms with Gasteiger partial charge in [0.15, 0.2) is 6.10 Å². The minimum atomic E-state index is -1.28. The third-order valence-corrected chi connectivity index (χ3v) is 6.22. The molecule has 0 saturated carbocycles. The van der Waals surface area contributed by atoms with Crippen LogP contribution in [0, 0.1) is 0 Å². The predicted octanol–water partition coefficient (Wildman–Crippen LogP) is 0.141. The van der Waals surface area contributed by atoms with Gasteiger partial charge in [-0.2, -0.15) is 0 Å². The van der Waals surface area contributed by atoms with Gasteiger partial charge < -0.3 is 24.9 Å². The van der Waals surface area contributed by atoms with E-state index in [2.05, 4.69) is 5.32 Å². The maximum atomic E-state index is 12.5. The van der Waals surface area contributed by atoms with Crippen LogP contribution < -0.4 is 15.2 Å². The lowest BCUT2D eigenvalue weighted by atomic mass is 9.96. The molecule has 1 N–H and O–H groups in total. The molecule has 2 amide bonds. The van der Waals surface area contributed by atoms with Crippen molar-refractivity contribution in [3.63, 3.8) is 0 Å². The van der Waals surface area contributed by atoms with Crippen LogP contribution in [0.25, 0.3) is 0 Å². The van der Waals surface area contributed by atoms with Gasteiger partial charge in [-0.15, -0.1) is 11.8 Å². The van der Waals surface area contributed by atoms with Crippen molar-refractivity contribution >= 4 is 29.5 Å². The van der Waals surface area contributed by atoms with Crippen LogP contribution in [0.2, 0.25) is 0 Å². The Hall–Kier alpha value is -2.22. The first-order chi connectivity index (χ1) is 12.3. The van der Waals surface area contributed by atoms with Gasteiger partial charge in [-0.05, 0) is 32.4 Å². The highest BCUT2D eigenvalue weighted by Gasteiger charge is 2.62. The number of carbonyl (C=O) groups excluding carboxylic acids is 3. The van der Waals surface area contributed by atoms with E-state index in [-0.39, 0.29) is 5.91 Å². The van der Waals surface area contributed by atoms with Crippen molar-refractivity contribution in [2.45, 2.75) is 55.5 Å². The minimum absolute atomic E-state index is 0.385. The second-order valence-electron chi connectivity index (χ2n) is 6.89. The average molecular weight is 377 g/mol. The van der Waals surface area contributed by atoms with Crippen molar-refractivity contribution in [2.75, 3.05) is 0 Å². The molecule has 0 radical (unpaired) electrons. The Bertz CT molecular complexity index is 724. The molecule has 26 heavy (non-hydrogen) atoms. The van der Waals surface area contributed by atoms with Crippen LogP contribution in [0.5, 0.6) is 5.75 Å². The van der Waals surface area contributed by atoms with Gasteiger partial charge in [0, 0.05) is 4.75 Å². The number of nitrogens with zero attached hydrogens (tertiary/aromatic N) is 1. The van der Waals surface area contributed by atoms with Gasteiger partial charge in [-0.3, -0.25) is 9.59 Å². The number of nitrogens with one attached hydrogen (secondary N) is 1. The molecule has 0 spiro atoms. The normalized spacial score (nSPS) is 27.3. The molecule has 8 heteroatoms. The first-order valence-electron chi connectivity index (χ1n) is 8.49. The van der Waals surface area contributed by atoms with Crippen LogP contribution in [0.15, 0.2) is 30.3 Å². The summed E-state index contributed by atoms with van der Waals surface area (Å²) in [6.45, 7) is 5.34. The van der Waals surface area contributed by atoms with E-state index in [4.69, 9.17) is 4.74 Å². The number of aliphatic carboxylic acids is 1. The summed E-state index contributed by atoms with van der Waals surface area (Å²) in [4.78, 5) is 37.7. The number of hydrogen-bond acceptors (Lipinski definition) is 6. The molecule has 1 aromatic rings. The minimum Gasteiger partial charge on any atom is -0.548 e. The summed E-state index contributed by atoms with van der Waals surface area (Å²) < 4.78 is 5.02. The number of rotatable bonds is 6. The largest absolute Gasteiger partial charge is 0.548 e. The van der Waals surface area contributed by atoms with Crippen LogP contribution in [-0.2, 0) is 14.4 Å². The molecule has 1 aromatic carbocycles. The number of carboxylic acids is 1. The molecule has 2 saturated heterocycles. The molecule has 7 nitrogen and oxygen atoms in total. The van der Waals surface area contributed by atoms with E-state index in [9.17, 15) is 19.5 Å². The standard InChI is InChI=1S/C18H22N2O5S/c1-4-11(25-10-8-6-5-7-9-10)14(21)19-12-15(22)20-13(17(23)24)18(2,3)26-16(12)20/h5-9,11-13,16H,4H2,1-3H3,(H,19,21)(H,23,24)/p-1/t11-,12-,13-,16-/m1/s1. The van der Waals surface area contributed by atoms with Gasteiger partial charge in [-0.25, -0.2) is 0 Å². The molecule has 4 atom stereocenters. The van der Waals surface area contributed by atoms with E-state index in [1.54, 1.807) is 26.0 Å². The van der Waals surface area contributed by atoms with Crippen molar-refractivity contribution in [1.29, 1.82) is 0 Å². The second kappa shape index (κ2) is 6.83. The molecule has 2 aliphatic heterocycles. The monoisotopic (exact) mass is 377 g/mol. The predicted molar refractivity (Wildman–Crippen MR) is 94.2 cm³/mol. The molecule has 140 valence electrons. The first-order valence-corrected chi connectivity index (χ1v) is 9.37. The fraction of sp³-hybridized carbons (Fsp3) is 0.500. The molecule has 0 unspecified atom stereocenters. The van der Waals surface area contributed by atoms with Gasteiger partial charge in [0.1, 0.15) is 17.2 Å². The number of carbonyl (C=O) groups is 3. The third-order valence-electron chi connectivity index (χ3n) is 4.65. The van der Waals surface area contributed by atoms with Crippen LogP contribution in [0.4, 0.5) is 0 Å². The Kier molecular flexibility index (Phi) is 4.88. The summed E-state index contributed by atoms with van der Waals surface area (Å²) in [6, 6.07) is 7.24. The Balaban J connectivity index is 1.67. The summed E-state index contributed by atoms with van der Waals surface area (Å²) in [7, 11) is 0. The molecule has 2 heterocycles. The Morgan fingerprint density at radius 2 is 2.00 bits per heavy atom. The lowest BCUT2D eigenvalue weighted by molar-refractivity contribution is -0.312. The molecular formula is C18H21N2O5S-. The summed E-state index contributed by atoms with van der Waals surface area (Å²) in [5.41, 5.74) is 0. The second-order valence-corrected chi connectivity index (χ2v) is 8.66. The van der Waals surface area contributed by atoms with Gasteiger partial charge in [0.25, 0.3) is 5.91 Å². The summed E-state index contributed by atoms with van der Waals surface area (Å²) in [5.74, 6) is -1.48. The van der Waals surface area contributed by atoms with Crippen LogP contribution in [-0.4, -0.2) is 51.0 Å². The quantitative estimate of drug-likeness (QED) is 0.708. The lowest BCUT2D eigenvalue weighted by Gasteiger charge is -2.45. The molecule has 0 aromatic heterocycles. The first kappa shape index (κ1) is 18.6. The molecule has 2 aliphatic rings. The number of amides is 2. The molecule has 0 aliphatic carbocycles. The number of fused-ring (bicyclic) bond motifs is 1. The van der Waals surface area contributed by atoms with Gasteiger partial charge in [0.2, 0.25) is 5.91 Å². The van der Waals surface area contributed by atoms with Crippen LogP contribution in [0.3, 0.4) is 0 Å². The Labute approximate surface area is 156 Å². The Morgan fingerprint density at radius 3 is 2.58 bits per heavy atom. The SMILES string of the molecule is CC[C@@H](Oc1ccccc1)C(=O)N[C@@H]1C(=O)N2[C@@H]1SC(C)(C)[C@H]2C(=O)[O-]. The topological polar surface area (TPSA) is 98.8 Å². The van der Waals surface area contributed by atoms with E-state index in [1.807, 2.05) is 25.1 Å². The maximum absolute atomic E-state index is 12.5. The van der Waals surface area contributed by atoms with Crippen LogP contribution >= 0.6 is 11.8 Å². The highest BCUT2D eigenvalue weighted by Crippen LogP contribution is 2.50. The van der Waals surface area contributed by atoms with Gasteiger partial charge in [0.05, 0.1) is 12.0 Å². The maximum Gasteiger partial charge on any atom is 0.261 e.